The van der Waals surface area contributed by atoms with Crippen molar-refractivity contribution in [3.8, 4) is 0 Å². The molecule has 0 fully saturated rings. The van der Waals surface area contributed by atoms with Crippen LogP contribution in [0.15, 0.2) is 24.3 Å². The van der Waals surface area contributed by atoms with Crippen molar-refractivity contribution in [2.24, 2.45) is 5.41 Å². The number of rotatable bonds is 7. The minimum atomic E-state index is 0.259. The summed E-state index contributed by atoms with van der Waals surface area (Å²) in [6, 6.07) is 9.07. The van der Waals surface area contributed by atoms with E-state index in [4.69, 9.17) is 4.74 Å². The molecule has 3 heteroatoms. The Morgan fingerprint density at radius 2 is 2.00 bits per heavy atom. The van der Waals surface area contributed by atoms with E-state index in [0.29, 0.717) is 6.04 Å². The lowest BCUT2D eigenvalue weighted by Gasteiger charge is -2.27. The summed E-state index contributed by atoms with van der Waals surface area (Å²) < 4.78 is 6.59. The van der Waals surface area contributed by atoms with Gasteiger partial charge in [-0.25, -0.2) is 0 Å². The van der Waals surface area contributed by atoms with E-state index in [2.05, 4.69) is 57.3 Å². The monoisotopic (exact) mass is 305 g/mol. The lowest BCUT2D eigenvalue weighted by Crippen LogP contribution is -2.32. The van der Waals surface area contributed by atoms with Gasteiger partial charge in [0.05, 0.1) is 0 Å². The molecule has 2 nitrogen and oxygen atoms in total. The molecule has 0 aliphatic rings. The molecule has 0 amide bonds. The van der Waals surface area contributed by atoms with Crippen LogP contribution in [0.3, 0.4) is 0 Å². The highest BCUT2D eigenvalue weighted by molar-refractivity contribution is 7.19. The fourth-order valence-corrected chi connectivity index (χ4v) is 3.83. The van der Waals surface area contributed by atoms with Crippen LogP contribution in [0.1, 0.15) is 43.7 Å². The second-order valence-corrected chi connectivity index (χ2v) is 7.68. The molecule has 1 N–H and O–H groups in total. The van der Waals surface area contributed by atoms with Gasteiger partial charge in [-0.05, 0) is 42.7 Å². The summed E-state index contributed by atoms with van der Waals surface area (Å²) in [5.41, 5.74) is 1.68. The summed E-state index contributed by atoms with van der Waals surface area (Å²) in [5.74, 6) is 0. The van der Waals surface area contributed by atoms with E-state index in [9.17, 15) is 0 Å². The van der Waals surface area contributed by atoms with E-state index < -0.39 is 0 Å². The van der Waals surface area contributed by atoms with Gasteiger partial charge in [-0.1, -0.05) is 32.0 Å². The molecule has 1 aromatic carbocycles. The molecule has 0 bridgehead atoms. The average molecular weight is 305 g/mol. The van der Waals surface area contributed by atoms with Gasteiger partial charge in [0.2, 0.25) is 0 Å². The number of ether oxygens (including phenoxy) is 1. The van der Waals surface area contributed by atoms with Crippen LogP contribution in [0.25, 0.3) is 10.1 Å². The molecule has 0 saturated heterocycles. The second kappa shape index (κ2) is 6.91. The molecular weight excluding hydrogens is 278 g/mol. The van der Waals surface area contributed by atoms with Crippen molar-refractivity contribution in [2.75, 3.05) is 20.3 Å². The SMILES string of the molecule is COCCC(C)(C)CNC(C)c1sc2ccccc2c1C. The van der Waals surface area contributed by atoms with E-state index in [-0.39, 0.29) is 5.41 Å². The molecule has 0 spiro atoms. The Kier molecular flexibility index (Phi) is 5.42. The Morgan fingerprint density at radius 1 is 1.29 bits per heavy atom. The highest BCUT2D eigenvalue weighted by Gasteiger charge is 2.20. The van der Waals surface area contributed by atoms with Crippen molar-refractivity contribution in [3.05, 3.63) is 34.7 Å². The zero-order valence-electron chi connectivity index (χ0n) is 13.8. The van der Waals surface area contributed by atoms with E-state index in [1.165, 1.54) is 20.5 Å². The molecule has 0 radical (unpaired) electrons. The number of methoxy groups -OCH3 is 1. The molecule has 2 aromatic rings. The lowest BCUT2D eigenvalue weighted by molar-refractivity contribution is 0.149. The summed E-state index contributed by atoms with van der Waals surface area (Å²) in [6.07, 6.45) is 1.08. The molecule has 1 unspecified atom stereocenters. The zero-order valence-corrected chi connectivity index (χ0v) is 14.6. The Balaban J connectivity index is 2.05. The third-order valence-electron chi connectivity index (χ3n) is 4.14. The van der Waals surface area contributed by atoms with Crippen molar-refractivity contribution in [1.29, 1.82) is 0 Å². The number of fused-ring (bicyclic) bond motifs is 1. The summed E-state index contributed by atoms with van der Waals surface area (Å²) >= 11 is 1.91. The minimum Gasteiger partial charge on any atom is -0.385 e. The number of hydrogen-bond acceptors (Lipinski definition) is 3. The van der Waals surface area contributed by atoms with Crippen LogP contribution in [0.5, 0.6) is 0 Å². The van der Waals surface area contributed by atoms with Crippen LogP contribution >= 0.6 is 11.3 Å². The van der Waals surface area contributed by atoms with Gasteiger partial charge in [0.1, 0.15) is 0 Å². The Bertz CT molecular complexity index is 588. The lowest BCUT2D eigenvalue weighted by atomic mass is 9.89. The highest BCUT2D eigenvalue weighted by atomic mass is 32.1. The summed E-state index contributed by atoms with van der Waals surface area (Å²) in [7, 11) is 1.77. The van der Waals surface area contributed by atoms with Crippen LogP contribution in [-0.4, -0.2) is 20.3 Å². The van der Waals surface area contributed by atoms with E-state index in [0.717, 1.165) is 19.6 Å². The van der Waals surface area contributed by atoms with Crippen molar-refractivity contribution in [1.82, 2.24) is 5.32 Å². The van der Waals surface area contributed by atoms with Gasteiger partial charge in [0, 0.05) is 35.9 Å². The maximum atomic E-state index is 5.20. The normalized spacial score (nSPS) is 13.8. The third-order valence-corrected chi connectivity index (χ3v) is 5.60. The first-order valence-electron chi connectivity index (χ1n) is 7.65. The number of thiophene rings is 1. The van der Waals surface area contributed by atoms with Gasteiger partial charge in [0.15, 0.2) is 0 Å². The van der Waals surface area contributed by atoms with E-state index in [1.54, 1.807) is 7.11 Å². The van der Waals surface area contributed by atoms with Crippen LogP contribution in [0.2, 0.25) is 0 Å². The third kappa shape index (κ3) is 4.06. The predicted molar refractivity (Wildman–Crippen MR) is 93.3 cm³/mol. The van der Waals surface area contributed by atoms with Gasteiger partial charge >= 0.3 is 0 Å². The maximum absolute atomic E-state index is 5.20. The van der Waals surface area contributed by atoms with Crippen LogP contribution < -0.4 is 5.32 Å². The topological polar surface area (TPSA) is 21.3 Å². The Hall–Kier alpha value is -0.900. The van der Waals surface area contributed by atoms with Crippen molar-refractivity contribution in [2.45, 2.75) is 40.2 Å². The minimum absolute atomic E-state index is 0.259. The number of nitrogens with one attached hydrogen (secondary N) is 1. The van der Waals surface area contributed by atoms with Gasteiger partial charge in [0.25, 0.3) is 0 Å². The molecule has 116 valence electrons. The Labute approximate surface area is 132 Å². The first-order chi connectivity index (χ1) is 9.94. The van der Waals surface area contributed by atoms with Crippen molar-refractivity contribution >= 4 is 21.4 Å². The summed E-state index contributed by atoms with van der Waals surface area (Å²) in [6.45, 7) is 10.9. The smallest absolute Gasteiger partial charge is 0.0467 e. The molecular formula is C18H27NOS. The molecule has 0 aliphatic carbocycles. The van der Waals surface area contributed by atoms with Crippen LogP contribution in [0.4, 0.5) is 0 Å². The van der Waals surface area contributed by atoms with Gasteiger partial charge in [-0.3, -0.25) is 0 Å². The molecule has 2 rings (SSSR count). The molecule has 21 heavy (non-hydrogen) atoms. The fraction of sp³-hybridized carbons (Fsp3) is 0.556. The van der Waals surface area contributed by atoms with Crippen molar-refractivity contribution in [3.63, 3.8) is 0 Å². The number of aryl methyl sites for hydroxylation is 1. The molecule has 0 aliphatic heterocycles. The highest BCUT2D eigenvalue weighted by Crippen LogP contribution is 2.34. The van der Waals surface area contributed by atoms with Crippen molar-refractivity contribution < 1.29 is 4.74 Å². The second-order valence-electron chi connectivity index (χ2n) is 6.60. The standard InChI is InChI=1S/C18H27NOS/c1-13-15-8-6-7-9-16(15)21-17(13)14(2)19-12-18(3,4)10-11-20-5/h6-9,14,19H,10-12H2,1-5H3. The van der Waals surface area contributed by atoms with Gasteiger partial charge in [-0.2, -0.15) is 0 Å². The van der Waals surface area contributed by atoms with Crippen LogP contribution in [0, 0.1) is 12.3 Å². The quantitative estimate of drug-likeness (QED) is 0.783. The first kappa shape index (κ1) is 16.5. The molecule has 1 atom stereocenters. The largest absolute Gasteiger partial charge is 0.385 e. The van der Waals surface area contributed by atoms with Gasteiger partial charge < -0.3 is 10.1 Å². The zero-order chi connectivity index (χ0) is 15.5. The fourth-order valence-electron chi connectivity index (χ4n) is 2.60. The molecule has 1 heterocycles. The number of hydrogen-bond donors (Lipinski definition) is 1. The number of benzene rings is 1. The maximum Gasteiger partial charge on any atom is 0.0467 e. The Morgan fingerprint density at radius 3 is 2.67 bits per heavy atom. The molecule has 0 saturated carbocycles. The molecule has 1 aromatic heterocycles. The first-order valence-corrected chi connectivity index (χ1v) is 8.46. The summed E-state index contributed by atoms with van der Waals surface area (Å²) in [4.78, 5) is 1.46. The predicted octanol–water partition coefficient (Wildman–Crippen LogP) is 4.92. The van der Waals surface area contributed by atoms with E-state index >= 15 is 0 Å². The summed E-state index contributed by atoms with van der Waals surface area (Å²) in [5, 5.41) is 5.10. The average Bonchev–Trinajstić information content (AvgIpc) is 2.81. The van der Waals surface area contributed by atoms with E-state index in [1.807, 2.05) is 11.3 Å². The van der Waals surface area contributed by atoms with Crippen LogP contribution in [-0.2, 0) is 4.74 Å². The van der Waals surface area contributed by atoms with Gasteiger partial charge in [-0.15, -0.1) is 11.3 Å².